The Bertz CT molecular complexity index is 619. The second-order valence-electron chi connectivity index (χ2n) is 5.82. The predicted octanol–water partition coefficient (Wildman–Crippen LogP) is 1.92. The summed E-state index contributed by atoms with van der Waals surface area (Å²) in [7, 11) is 1.51. The van der Waals surface area contributed by atoms with Crippen molar-refractivity contribution in [2.75, 3.05) is 32.5 Å². The molecule has 0 unspecified atom stereocenters. The summed E-state index contributed by atoms with van der Waals surface area (Å²) in [5.74, 6) is -0.953. The Morgan fingerprint density at radius 3 is 2.60 bits per heavy atom. The smallest absolute Gasteiger partial charge is 0.316 e. The van der Waals surface area contributed by atoms with Gasteiger partial charge in [-0.2, -0.15) is 0 Å². The number of rotatable bonds is 9. The van der Waals surface area contributed by atoms with E-state index in [0.29, 0.717) is 6.54 Å². The van der Waals surface area contributed by atoms with E-state index in [4.69, 9.17) is 4.74 Å². The molecule has 2 amide bonds. The van der Waals surface area contributed by atoms with Gasteiger partial charge in [-0.3, -0.25) is 14.4 Å². The molecule has 0 aliphatic carbocycles. The number of likely N-dealkylation sites (N-methyl/N-ethyl adjacent to an activating group) is 1. The number of nitrogens with one attached hydrogen (secondary N) is 1. The summed E-state index contributed by atoms with van der Waals surface area (Å²) < 4.78 is 4.99. The van der Waals surface area contributed by atoms with E-state index in [2.05, 4.69) is 11.4 Å². The van der Waals surface area contributed by atoms with Gasteiger partial charge in [-0.05, 0) is 31.9 Å². The van der Waals surface area contributed by atoms with Gasteiger partial charge in [0, 0.05) is 18.5 Å². The van der Waals surface area contributed by atoms with Crippen LogP contribution in [0.2, 0.25) is 0 Å². The SMILES string of the molecule is CCCNC(=O)CN(C)C(=O)COC(=O)CSc1ccc(C)cc1C. The average Bonchev–Trinajstić information content (AvgIpc) is 2.56. The van der Waals surface area contributed by atoms with Crippen LogP contribution < -0.4 is 5.32 Å². The van der Waals surface area contributed by atoms with Crippen molar-refractivity contribution >= 4 is 29.5 Å². The van der Waals surface area contributed by atoms with Crippen LogP contribution in [0.5, 0.6) is 0 Å². The molecule has 0 aromatic heterocycles. The highest BCUT2D eigenvalue weighted by Gasteiger charge is 2.15. The first-order chi connectivity index (χ1) is 11.8. The minimum atomic E-state index is -0.456. The van der Waals surface area contributed by atoms with E-state index in [0.717, 1.165) is 16.9 Å². The number of thioether (sulfide) groups is 1. The van der Waals surface area contributed by atoms with Crippen molar-refractivity contribution in [3.8, 4) is 0 Å². The second-order valence-corrected chi connectivity index (χ2v) is 6.84. The lowest BCUT2D eigenvalue weighted by Crippen LogP contribution is -2.40. The molecule has 1 aromatic rings. The highest BCUT2D eigenvalue weighted by atomic mass is 32.2. The number of amides is 2. The third kappa shape index (κ3) is 8.07. The molecular weight excluding hydrogens is 340 g/mol. The molecule has 0 bridgehead atoms. The molecule has 138 valence electrons. The Morgan fingerprint density at radius 1 is 1.24 bits per heavy atom. The molecule has 0 aliphatic rings. The van der Waals surface area contributed by atoms with Gasteiger partial charge >= 0.3 is 5.97 Å². The zero-order chi connectivity index (χ0) is 18.8. The van der Waals surface area contributed by atoms with Gasteiger partial charge in [-0.25, -0.2) is 0 Å². The van der Waals surface area contributed by atoms with E-state index in [9.17, 15) is 14.4 Å². The first kappa shape index (κ1) is 21.0. The van der Waals surface area contributed by atoms with Crippen LogP contribution in [0.3, 0.4) is 0 Å². The number of esters is 1. The lowest BCUT2D eigenvalue weighted by molar-refractivity contribution is -0.149. The highest BCUT2D eigenvalue weighted by molar-refractivity contribution is 8.00. The van der Waals surface area contributed by atoms with Crippen molar-refractivity contribution in [2.24, 2.45) is 0 Å². The maximum Gasteiger partial charge on any atom is 0.316 e. The Hall–Kier alpha value is -2.02. The molecule has 0 saturated carbocycles. The largest absolute Gasteiger partial charge is 0.455 e. The second kappa shape index (κ2) is 10.8. The van der Waals surface area contributed by atoms with Crippen LogP contribution in [0.15, 0.2) is 23.1 Å². The summed E-state index contributed by atoms with van der Waals surface area (Å²) in [6, 6.07) is 6.01. The number of carbonyl (C=O) groups is 3. The molecule has 1 rings (SSSR count). The number of ether oxygens (including phenoxy) is 1. The predicted molar refractivity (Wildman–Crippen MR) is 98.5 cm³/mol. The van der Waals surface area contributed by atoms with Crippen molar-refractivity contribution in [3.05, 3.63) is 29.3 Å². The van der Waals surface area contributed by atoms with Crippen LogP contribution in [0.1, 0.15) is 24.5 Å². The Morgan fingerprint density at radius 2 is 1.96 bits per heavy atom. The fraction of sp³-hybridized carbons (Fsp3) is 0.500. The van der Waals surface area contributed by atoms with Gasteiger partial charge in [-0.15, -0.1) is 11.8 Å². The van der Waals surface area contributed by atoms with Gasteiger partial charge in [0.2, 0.25) is 5.91 Å². The number of benzene rings is 1. The van der Waals surface area contributed by atoms with E-state index in [1.807, 2.05) is 32.9 Å². The highest BCUT2D eigenvalue weighted by Crippen LogP contribution is 2.23. The van der Waals surface area contributed by atoms with Crippen LogP contribution in [-0.2, 0) is 19.1 Å². The lowest BCUT2D eigenvalue weighted by atomic mass is 10.2. The summed E-state index contributed by atoms with van der Waals surface area (Å²) in [5, 5.41) is 2.69. The van der Waals surface area contributed by atoms with Crippen molar-refractivity contribution in [3.63, 3.8) is 0 Å². The fourth-order valence-electron chi connectivity index (χ4n) is 2.02. The van der Waals surface area contributed by atoms with Crippen LogP contribution in [0, 0.1) is 13.8 Å². The molecule has 0 fully saturated rings. The quantitative estimate of drug-likeness (QED) is 0.534. The topological polar surface area (TPSA) is 75.7 Å². The minimum Gasteiger partial charge on any atom is -0.455 e. The lowest BCUT2D eigenvalue weighted by Gasteiger charge is -2.16. The van der Waals surface area contributed by atoms with Crippen LogP contribution in [0.25, 0.3) is 0 Å². The minimum absolute atomic E-state index is 0.0479. The molecule has 6 nitrogen and oxygen atoms in total. The van der Waals surface area contributed by atoms with E-state index in [1.54, 1.807) is 0 Å². The van der Waals surface area contributed by atoms with Gasteiger partial charge < -0.3 is 15.0 Å². The molecule has 25 heavy (non-hydrogen) atoms. The molecule has 1 aromatic carbocycles. The molecule has 0 heterocycles. The number of hydrogen-bond donors (Lipinski definition) is 1. The standard InChI is InChI=1S/C18H26N2O4S/c1-5-8-19-16(21)10-20(4)17(22)11-24-18(23)12-25-15-7-6-13(2)9-14(15)3/h6-7,9H,5,8,10-12H2,1-4H3,(H,19,21). The average molecular weight is 366 g/mol. The number of carbonyl (C=O) groups excluding carboxylic acids is 3. The molecule has 0 radical (unpaired) electrons. The first-order valence-corrected chi connectivity index (χ1v) is 9.18. The van der Waals surface area contributed by atoms with E-state index in [1.165, 1.54) is 29.3 Å². The summed E-state index contributed by atoms with van der Waals surface area (Å²) in [4.78, 5) is 37.5. The number of nitrogens with zero attached hydrogens (tertiary/aromatic N) is 1. The molecule has 0 saturated heterocycles. The maximum atomic E-state index is 11.9. The summed E-state index contributed by atoms with van der Waals surface area (Å²) in [6.45, 7) is 6.12. The Kier molecular flexibility index (Phi) is 9.05. The molecule has 7 heteroatoms. The molecule has 0 aliphatic heterocycles. The van der Waals surface area contributed by atoms with Gasteiger partial charge in [0.05, 0.1) is 12.3 Å². The van der Waals surface area contributed by atoms with Crippen molar-refractivity contribution in [2.45, 2.75) is 32.1 Å². The first-order valence-electron chi connectivity index (χ1n) is 8.19. The Balaban J connectivity index is 2.32. The van der Waals surface area contributed by atoms with Crippen LogP contribution >= 0.6 is 11.8 Å². The van der Waals surface area contributed by atoms with Crippen molar-refractivity contribution in [1.29, 1.82) is 0 Å². The summed E-state index contributed by atoms with van der Waals surface area (Å²) in [6.07, 6.45) is 0.832. The van der Waals surface area contributed by atoms with E-state index < -0.39 is 11.9 Å². The maximum absolute atomic E-state index is 11.9. The molecule has 1 N–H and O–H groups in total. The zero-order valence-electron chi connectivity index (χ0n) is 15.3. The third-order valence-electron chi connectivity index (χ3n) is 3.41. The molecule has 0 atom stereocenters. The van der Waals surface area contributed by atoms with Crippen molar-refractivity contribution in [1.82, 2.24) is 10.2 Å². The van der Waals surface area contributed by atoms with Gasteiger partial charge in [0.25, 0.3) is 5.91 Å². The van der Waals surface area contributed by atoms with E-state index >= 15 is 0 Å². The normalized spacial score (nSPS) is 10.2. The summed E-state index contributed by atoms with van der Waals surface area (Å²) in [5.41, 5.74) is 2.27. The summed E-state index contributed by atoms with van der Waals surface area (Å²) >= 11 is 1.38. The fourth-order valence-corrected chi connectivity index (χ4v) is 2.82. The van der Waals surface area contributed by atoms with Gasteiger partial charge in [0.1, 0.15) is 0 Å². The van der Waals surface area contributed by atoms with Crippen molar-refractivity contribution < 1.29 is 19.1 Å². The van der Waals surface area contributed by atoms with Crippen LogP contribution in [-0.4, -0.2) is 55.2 Å². The Labute approximate surface area is 153 Å². The molecular formula is C18H26N2O4S. The number of hydrogen-bond acceptors (Lipinski definition) is 5. The van der Waals surface area contributed by atoms with Gasteiger partial charge in [0.15, 0.2) is 6.61 Å². The molecule has 0 spiro atoms. The third-order valence-corrected chi connectivity index (χ3v) is 4.56. The number of aryl methyl sites for hydroxylation is 2. The van der Waals surface area contributed by atoms with Gasteiger partial charge in [-0.1, -0.05) is 24.6 Å². The zero-order valence-corrected chi connectivity index (χ0v) is 16.1. The van der Waals surface area contributed by atoms with Crippen LogP contribution in [0.4, 0.5) is 0 Å². The monoisotopic (exact) mass is 366 g/mol. The van der Waals surface area contributed by atoms with E-state index in [-0.39, 0.29) is 24.8 Å².